The lowest BCUT2D eigenvalue weighted by Gasteiger charge is -2.32. The summed E-state index contributed by atoms with van der Waals surface area (Å²) in [4.78, 5) is 18.9. The molecule has 4 rings (SSSR count). The van der Waals surface area contributed by atoms with E-state index in [4.69, 9.17) is 8.94 Å². The fraction of sp³-hybridized carbons (Fsp3) is 0.278. The van der Waals surface area contributed by atoms with Crippen molar-refractivity contribution < 1.29 is 13.7 Å². The second-order valence-corrected chi connectivity index (χ2v) is 6.11. The summed E-state index contributed by atoms with van der Waals surface area (Å²) in [6.07, 6.45) is 2.24. The van der Waals surface area contributed by atoms with Crippen molar-refractivity contribution in [2.45, 2.75) is 25.6 Å². The number of benzene rings is 1. The van der Waals surface area contributed by atoms with E-state index in [1.807, 2.05) is 19.2 Å². The molecular weight excluding hydrogens is 320 g/mol. The molecule has 1 aliphatic heterocycles. The van der Waals surface area contributed by atoms with Gasteiger partial charge in [0, 0.05) is 6.54 Å². The van der Waals surface area contributed by atoms with Crippen molar-refractivity contribution in [1.29, 1.82) is 0 Å². The Hall–Kier alpha value is -2.93. The second kappa shape index (κ2) is 6.52. The average Bonchev–Trinajstić information content (AvgIpc) is 3.30. The Morgan fingerprint density at radius 3 is 2.92 bits per heavy atom. The van der Waals surface area contributed by atoms with Gasteiger partial charge in [-0.25, -0.2) is 0 Å². The van der Waals surface area contributed by atoms with Crippen LogP contribution < -0.4 is 5.32 Å². The van der Waals surface area contributed by atoms with Gasteiger partial charge in [-0.15, -0.1) is 0 Å². The van der Waals surface area contributed by atoms with Crippen LogP contribution in [-0.2, 0) is 24.3 Å². The van der Waals surface area contributed by atoms with Gasteiger partial charge in [0.05, 0.1) is 18.8 Å². The van der Waals surface area contributed by atoms with E-state index in [9.17, 15) is 4.79 Å². The number of nitrogens with one attached hydrogen (secondary N) is 1. The third kappa shape index (κ3) is 3.18. The molecule has 7 heteroatoms. The van der Waals surface area contributed by atoms with Gasteiger partial charge in [-0.3, -0.25) is 9.69 Å². The molecule has 3 aromatic rings. The fourth-order valence-corrected chi connectivity index (χ4v) is 3.06. The number of furan rings is 1. The lowest BCUT2D eigenvalue weighted by molar-refractivity contribution is -0.126. The lowest BCUT2D eigenvalue weighted by atomic mass is 9.94. The number of carbonyl (C=O) groups excluding carboxylic acids is 1. The van der Waals surface area contributed by atoms with E-state index >= 15 is 0 Å². The van der Waals surface area contributed by atoms with Crippen LogP contribution in [0.5, 0.6) is 0 Å². The minimum atomic E-state index is -0.202. The van der Waals surface area contributed by atoms with E-state index < -0.39 is 0 Å². The third-order valence-corrected chi connectivity index (χ3v) is 4.41. The van der Waals surface area contributed by atoms with Crippen molar-refractivity contribution in [3.8, 4) is 11.7 Å². The molecular formula is C18H18N4O3. The number of rotatable bonds is 4. The molecule has 1 N–H and O–H groups in total. The molecule has 3 heterocycles. The molecule has 0 saturated carbocycles. The van der Waals surface area contributed by atoms with Crippen molar-refractivity contribution in [3.63, 3.8) is 0 Å². The number of hydrogen-bond acceptors (Lipinski definition) is 6. The summed E-state index contributed by atoms with van der Waals surface area (Å²) < 4.78 is 10.3. The average molecular weight is 338 g/mol. The van der Waals surface area contributed by atoms with Crippen LogP contribution in [0.3, 0.4) is 0 Å². The first kappa shape index (κ1) is 15.6. The Bertz CT molecular complexity index is 872. The summed E-state index contributed by atoms with van der Waals surface area (Å²) in [6, 6.07) is 11.5. The first-order chi connectivity index (χ1) is 12.2. The van der Waals surface area contributed by atoms with Crippen molar-refractivity contribution in [1.82, 2.24) is 20.4 Å². The van der Waals surface area contributed by atoms with Gasteiger partial charge in [0.2, 0.25) is 5.91 Å². The predicted octanol–water partition coefficient (Wildman–Crippen LogP) is 2.00. The minimum Gasteiger partial charge on any atom is -0.459 e. The zero-order valence-corrected chi connectivity index (χ0v) is 13.8. The first-order valence-electron chi connectivity index (χ1n) is 8.12. The van der Waals surface area contributed by atoms with Crippen molar-refractivity contribution in [3.05, 3.63) is 59.6 Å². The van der Waals surface area contributed by atoms with Gasteiger partial charge < -0.3 is 14.3 Å². The molecule has 1 aromatic carbocycles. The number of aromatic nitrogens is 2. The summed E-state index contributed by atoms with van der Waals surface area (Å²) in [5.41, 5.74) is 2.50. The summed E-state index contributed by atoms with van der Waals surface area (Å²) in [5, 5.41) is 6.76. The zero-order valence-electron chi connectivity index (χ0n) is 13.8. The van der Waals surface area contributed by atoms with Gasteiger partial charge in [0.15, 0.2) is 11.6 Å². The molecule has 1 atom stereocenters. The molecule has 0 bridgehead atoms. The molecule has 0 saturated heterocycles. The summed E-state index contributed by atoms with van der Waals surface area (Å²) >= 11 is 0. The van der Waals surface area contributed by atoms with Crippen LogP contribution in [-0.4, -0.2) is 34.0 Å². The number of hydrogen-bond donors (Lipinski definition) is 1. The standard InChI is InChI=1S/C18H18N4O3/c1-22-11-13-6-3-2-5-12(13)9-14(22)17(23)19-10-16-20-18(25-21-16)15-7-4-8-24-15/h2-8,14H,9-11H2,1H3,(H,19,23)/t14-/m1/s1. The highest BCUT2D eigenvalue weighted by molar-refractivity contribution is 5.82. The van der Waals surface area contributed by atoms with E-state index in [-0.39, 0.29) is 18.5 Å². The zero-order chi connectivity index (χ0) is 17.2. The monoisotopic (exact) mass is 338 g/mol. The normalized spacial score (nSPS) is 17.2. The van der Waals surface area contributed by atoms with Crippen LogP contribution in [0.1, 0.15) is 17.0 Å². The molecule has 7 nitrogen and oxygen atoms in total. The molecule has 0 fully saturated rings. The van der Waals surface area contributed by atoms with Gasteiger partial charge in [-0.1, -0.05) is 29.4 Å². The first-order valence-corrected chi connectivity index (χ1v) is 8.12. The number of fused-ring (bicyclic) bond motifs is 1. The van der Waals surface area contributed by atoms with E-state index in [0.717, 1.165) is 6.54 Å². The van der Waals surface area contributed by atoms with Crippen LogP contribution in [0.25, 0.3) is 11.7 Å². The van der Waals surface area contributed by atoms with Crippen LogP contribution in [0.15, 0.2) is 51.6 Å². The number of likely N-dealkylation sites (N-methyl/N-ethyl adjacent to an activating group) is 1. The second-order valence-electron chi connectivity index (χ2n) is 6.11. The summed E-state index contributed by atoms with van der Waals surface area (Å²) in [5.74, 6) is 1.19. The van der Waals surface area contributed by atoms with Gasteiger partial charge in [-0.05, 0) is 36.7 Å². The van der Waals surface area contributed by atoms with Gasteiger partial charge >= 0.3 is 0 Å². The summed E-state index contributed by atoms with van der Waals surface area (Å²) in [6.45, 7) is 0.980. The topological polar surface area (TPSA) is 84.4 Å². The Kier molecular flexibility index (Phi) is 4.07. The van der Waals surface area contributed by atoms with E-state index in [1.54, 1.807) is 12.1 Å². The molecule has 0 aliphatic carbocycles. The molecule has 128 valence electrons. The molecule has 1 aliphatic rings. The van der Waals surface area contributed by atoms with Crippen molar-refractivity contribution in [2.24, 2.45) is 0 Å². The Balaban J connectivity index is 1.39. The van der Waals surface area contributed by atoms with Crippen LogP contribution in [0.4, 0.5) is 0 Å². The van der Waals surface area contributed by atoms with Crippen LogP contribution >= 0.6 is 0 Å². The molecule has 0 spiro atoms. The van der Waals surface area contributed by atoms with Crippen molar-refractivity contribution >= 4 is 5.91 Å². The Morgan fingerprint density at radius 2 is 2.12 bits per heavy atom. The number of carbonyl (C=O) groups is 1. The smallest absolute Gasteiger partial charge is 0.293 e. The highest BCUT2D eigenvalue weighted by Crippen LogP contribution is 2.22. The largest absolute Gasteiger partial charge is 0.459 e. The molecule has 0 radical (unpaired) electrons. The summed E-state index contributed by atoms with van der Waals surface area (Å²) in [7, 11) is 1.96. The highest BCUT2D eigenvalue weighted by Gasteiger charge is 2.28. The lowest BCUT2D eigenvalue weighted by Crippen LogP contribution is -2.48. The van der Waals surface area contributed by atoms with Crippen LogP contribution in [0, 0.1) is 0 Å². The van der Waals surface area contributed by atoms with E-state index in [0.29, 0.717) is 23.9 Å². The quantitative estimate of drug-likeness (QED) is 0.783. The van der Waals surface area contributed by atoms with Crippen molar-refractivity contribution in [2.75, 3.05) is 7.05 Å². The maximum Gasteiger partial charge on any atom is 0.293 e. The molecule has 2 aromatic heterocycles. The Morgan fingerprint density at radius 1 is 1.28 bits per heavy atom. The minimum absolute atomic E-state index is 0.0404. The predicted molar refractivity (Wildman–Crippen MR) is 89.2 cm³/mol. The molecule has 0 unspecified atom stereocenters. The fourth-order valence-electron chi connectivity index (χ4n) is 3.06. The Labute approximate surface area is 144 Å². The molecule has 1 amide bonds. The van der Waals surface area contributed by atoms with E-state index in [1.165, 1.54) is 17.4 Å². The van der Waals surface area contributed by atoms with Gasteiger partial charge in [0.1, 0.15) is 0 Å². The van der Waals surface area contributed by atoms with Gasteiger partial charge in [-0.2, -0.15) is 4.98 Å². The third-order valence-electron chi connectivity index (χ3n) is 4.41. The maximum atomic E-state index is 12.6. The highest BCUT2D eigenvalue weighted by atomic mass is 16.5. The maximum absolute atomic E-state index is 12.6. The van der Waals surface area contributed by atoms with Gasteiger partial charge in [0.25, 0.3) is 5.89 Å². The number of amides is 1. The number of nitrogens with zero attached hydrogens (tertiary/aromatic N) is 3. The van der Waals surface area contributed by atoms with Crippen LogP contribution in [0.2, 0.25) is 0 Å². The SMILES string of the molecule is CN1Cc2ccccc2C[C@@H]1C(=O)NCc1noc(-c2ccco2)n1. The van der Waals surface area contributed by atoms with E-state index in [2.05, 4.69) is 32.5 Å². The molecule has 25 heavy (non-hydrogen) atoms.